The Morgan fingerprint density at radius 3 is 2.81 bits per heavy atom. The van der Waals surface area contributed by atoms with E-state index in [1.807, 2.05) is 6.92 Å². The number of benzene rings is 1. The highest BCUT2D eigenvalue weighted by Crippen LogP contribution is 2.35. The van der Waals surface area contributed by atoms with Crippen molar-refractivity contribution in [3.05, 3.63) is 42.4 Å². The first-order valence-corrected chi connectivity index (χ1v) is 13.3. The maximum absolute atomic E-state index is 13.6. The number of rotatable bonds is 8. The third kappa shape index (κ3) is 5.55. The molecule has 3 heterocycles. The van der Waals surface area contributed by atoms with E-state index in [2.05, 4.69) is 10.2 Å². The Morgan fingerprint density at radius 2 is 2.06 bits per heavy atom. The Hall–Kier alpha value is -1.85. The van der Waals surface area contributed by atoms with E-state index in [1.165, 1.54) is 4.31 Å². The van der Waals surface area contributed by atoms with Gasteiger partial charge in [0.05, 0.1) is 36.6 Å². The quantitative estimate of drug-likeness (QED) is 0.622. The van der Waals surface area contributed by atoms with Crippen LogP contribution in [0.2, 0.25) is 0 Å². The zero-order chi connectivity index (χ0) is 22.6. The van der Waals surface area contributed by atoms with Gasteiger partial charge in [0.2, 0.25) is 15.9 Å². The average Bonchev–Trinajstić information content (AvgIpc) is 3.26. The predicted molar refractivity (Wildman–Crippen MR) is 123 cm³/mol. The highest BCUT2D eigenvalue weighted by molar-refractivity contribution is 7.99. The number of amides is 1. The van der Waals surface area contributed by atoms with Crippen LogP contribution >= 0.6 is 11.8 Å². The van der Waals surface area contributed by atoms with Crippen LogP contribution in [0.4, 0.5) is 5.69 Å². The maximum atomic E-state index is 13.6. The number of nitrogens with one attached hydrogen (secondary N) is 1. The van der Waals surface area contributed by atoms with Gasteiger partial charge in [-0.05, 0) is 43.3 Å². The SMILES string of the molecule is CC1CSc2ccc(S(=O)(=O)N(CCCN3CCOCC3)Cc3ccco3)cc2NC1=O. The van der Waals surface area contributed by atoms with E-state index >= 15 is 0 Å². The molecule has 1 aromatic heterocycles. The molecule has 1 unspecified atom stereocenters. The lowest BCUT2D eigenvalue weighted by molar-refractivity contribution is -0.118. The number of thioether (sulfide) groups is 1. The summed E-state index contributed by atoms with van der Waals surface area (Å²) in [4.78, 5) is 15.6. The molecule has 4 rings (SSSR count). The van der Waals surface area contributed by atoms with Gasteiger partial charge in [0, 0.05) is 36.2 Å². The van der Waals surface area contributed by atoms with Gasteiger partial charge in [-0.3, -0.25) is 9.69 Å². The lowest BCUT2D eigenvalue weighted by atomic mass is 10.2. The van der Waals surface area contributed by atoms with Gasteiger partial charge in [-0.1, -0.05) is 6.92 Å². The molecule has 2 aromatic rings. The zero-order valence-electron chi connectivity index (χ0n) is 18.2. The maximum Gasteiger partial charge on any atom is 0.243 e. The summed E-state index contributed by atoms with van der Waals surface area (Å²) in [6, 6.07) is 8.51. The molecule has 1 atom stereocenters. The third-order valence-electron chi connectivity index (χ3n) is 5.68. The topological polar surface area (TPSA) is 92.1 Å². The Bertz CT molecular complexity index is 1020. The Kier molecular flexibility index (Phi) is 7.57. The molecule has 32 heavy (non-hydrogen) atoms. The van der Waals surface area contributed by atoms with Crippen LogP contribution in [-0.2, 0) is 26.1 Å². The number of morpholine rings is 1. The first-order valence-electron chi connectivity index (χ1n) is 10.8. The van der Waals surface area contributed by atoms with E-state index in [0.29, 0.717) is 43.4 Å². The highest BCUT2D eigenvalue weighted by atomic mass is 32.2. The molecule has 1 fully saturated rings. The number of hydrogen-bond donors (Lipinski definition) is 1. The smallest absolute Gasteiger partial charge is 0.243 e. The largest absolute Gasteiger partial charge is 0.468 e. The summed E-state index contributed by atoms with van der Waals surface area (Å²) in [5, 5.41) is 2.88. The van der Waals surface area contributed by atoms with Crippen LogP contribution in [0.1, 0.15) is 19.1 Å². The van der Waals surface area contributed by atoms with E-state index in [0.717, 1.165) is 24.5 Å². The normalized spacial score (nSPS) is 20.1. The summed E-state index contributed by atoms with van der Waals surface area (Å²) in [6.07, 6.45) is 2.25. The minimum atomic E-state index is -3.79. The molecule has 0 aliphatic carbocycles. The molecule has 174 valence electrons. The van der Waals surface area contributed by atoms with Crippen LogP contribution in [-0.4, -0.2) is 68.7 Å². The predicted octanol–water partition coefficient (Wildman–Crippen LogP) is 2.87. The van der Waals surface area contributed by atoms with Crippen molar-refractivity contribution in [1.82, 2.24) is 9.21 Å². The highest BCUT2D eigenvalue weighted by Gasteiger charge is 2.28. The van der Waals surface area contributed by atoms with Crippen molar-refractivity contribution < 1.29 is 22.4 Å². The van der Waals surface area contributed by atoms with Crippen LogP contribution in [0.25, 0.3) is 0 Å². The summed E-state index contributed by atoms with van der Waals surface area (Å²) in [6.45, 7) is 6.37. The lowest BCUT2D eigenvalue weighted by Crippen LogP contribution is -2.39. The van der Waals surface area contributed by atoms with Crippen molar-refractivity contribution in [2.75, 3.05) is 50.5 Å². The average molecular weight is 480 g/mol. The second-order valence-electron chi connectivity index (χ2n) is 8.08. The summed E-state index contributed by atoms with van der Waals surface area (Å²) < 4.78 is 39.5. The number of hydrogen-bond acceptors (Lipinski definition) is 7. The molecule has 1 aromatic carbocycles. The number of sulfonamides is 1. The second kappa shape index (κ2) is 10.4. The van der Waals surface area contributed by atoms with Gasteiger partial charge in [-0.25, -0.2) is 8.42 Å². The van der Waals surface area contributed by atoms with Crippen molar-refractivity contribution in [1.29, 1.82) is 0 Å². The fourth-order valence-corrected chi connectivity index (χ4v) is 6.23. The summed E-state index contributed by atoms with van der Waals surface area (Å²) in [5.74, 6) is 1.02. The standard InChI is InChI=1S/C22H29N3O5S2/c1-17-16-31-21-6-5-19(14-20(21)23-22(17)26)32(27,28)25(15-18-4-2-11-30-18)8-3-7-24-9-12-29-13-10-24/h2,4-6,11,14,17H,3,7-10,12-13,15-16H2,1H3,(H,23,26). The fourth-order valence-electron chi connectivity index (χ4n) is 3.74. The van der Waals surface area contributed by atoms with Gasteiger partial charge >= 0.3 is 0 Å². The monoisotopic (exact) mass is 479 g/mol. The Labute approximate surface area is 193 Å². The van der Waals surface area contributed by atoms with Gasteiger partial charge in [0.1, 0.15) is 5.76 Å². The van der Waals surface area contributed by atoms with Gasteiger partial charge in [0.25, 0.3) is 0 Å². The molecule has 1 saturated heterocycles. The minimum absolute atomic E-state index is 0.0937. The summed E-state index contributed by atoms with van der Waals surface area (Å²) >= 11 is 1.56. The van der Waals surface area contributed by atoms with Crippen molar-refractivity contribution in [3.63, 3.8) is 0 Å². The zero-order valence-corrected chi connectivity index (χ0v) is 19.8. The van der Waals surface area contributed by atoms with E-state index in [4.69, 9.17) is 9.15 Å². The van der Waals surface area contributed by atoms with Crippen LogP contribution < -0.4 is 5.32 Å². The number of furan rings is 1. The number of carbonyl (C=O) groups is 1. The minimum Gasteiger partial charge on any atom is -0.468 e. The molecule has 8 nitrogen and oxygen atoms in total. The van der Waals surface area contributed by atoms with Crippen LogP contribution in [0.5, 0.6) is 0 Å². The molecule has 2 aliphatic rings. The van der Waals surface area contributed by atoms with Crippen molar-refractivity contribution in [3.8, 4) is 0 Å². The number of carbonyl (C=O) groups excluding carboxylic acids is 1. The number of fused-ring (bicyclic) bond motifs is 1. The molecular formula is C22H29N3O5S2. The lowest BCUT2D eigenvalue weighted by Gasteiger charge is -2.28. The van der Waals surface area contributed by atoms with E-state index in [1.54, 1.807) is 48.4 Å². The van der Waals surface area contributed by atoms with Gasteiger partial charge in [0.15, 0.2) is 0 Å². The molecule has 0 bridgehead atoms. The number of nitrogens with zero attached hydrogens (tertiary/aromatic N) is 2. The molecule has 10 heteroatoms. The summed E-state index contributed by atoms with van der Waals surface area (Å²) in [7, 11) is -3.79. The van der Waals surface area contributed by atoms with Crippen LogP contribution in [0.15, 0.2) is 50.8 Å². The van der Waals surface area contributed by atoms with Gasteiger partial charge in [-0.2, -0.15) is 4.31 Å². The van der Waals surface area contributed by atoms with Crippen molar-refractivity contribution >= 4 is 33.4 Å². The number of ether oxygens (including phenoxy) is 1. The van der Waals surface area contributed by atoms with E-state index < -0.39 is 10.0 Å². The second-order valence-corrected chi connectivity index (χ2v) is 11.1. The van der Waals surface area contributed by atoms with Crippen molar-refractivity contribution in [2.24, 2.45) is 5.92 Å². The van der Waals surface area contributed by atoms with Crippen molar-refractivity contribution in [2.45, 2.75) is 29.7 Å². The molecular weight excluding hydrogens is 450 g/mol. The van der Waals surface area contributed by atoms with Crippen LogP contribution in [0.3, 0.4) is 0 Å². The Morgan fingerprint density at radius 1 is 1.25 bits per heavy atom. The first kappa shape index (κ1) is 23.3. The fraction of sp³-hybridized carbons (Fsp3) is 0.500. The van der Waals surface area contributed by atoms with E-state index in [9.17, 15) is 13.2 Å². The molecule has 0 saturated carbocycles. The van der Waals surface area contributed by atoms with Gasteiger partial charge < -0.3 is 14.5 Å². The molecule has 2 aliphatic heterocycles. The third-order valence-corrected chi connectivity index (χ3v) is 8.86. The first-order chi connectivity index (χ1) is 15.4. The molecule has 1 amide bonds. The molecule has 1 N–H and O–H groups in total. The number of anilines is 1. The van der Waals surface area contributed by atoms with Gasteiger partial charge in [-0.15, -0.1) is 11.8 Å². The van der Waals surface area contributed by atoms with Crippen LogP contribution in [0, 0.1) is 5.92 Å². The summed E-state index contributed by atoms with van der Waals surface area (Å²) in [5.41, 5.74) is 0.552. The molecule has 0 spiro atoms. The van der Waals surface area contributed by atoms with E-state index in [-0.39, 0.29) is 23.3 Å². The molecule has 0 radical (unpaired) electrons. The Balaban J connectivity index is 1.53.